The monoisotopic (exact) mass is 674 g/mol. The molecule has 2 aromatic carbocycles. The number of alkyl halides is 6. The number of hydroxylamine groups is 2. The number of hydrogen-bond donors (Lipinski definition) is 3. The van der Waals surface area contributed by atoms with Crippen molar-refractivity contribution in [3.8, 4) is 0 Å². The van der Waals surface area contributed by atoms with Gasteiger partial charge in [-0.15, -0.1) is 0 Å². The first-order valence-electron chi connectivity index (χ1n) is 14.6. The number of aryl methyl sites for hydroxylation is 1. The summed E-state index contributed by atoms with van der Waals surface area (Å²) in [5.41, 5.74) is -1.52. The zero-order valence-electron chi connectivity index (χ0n) is 25.0. The molecule has 0 aliphatic carbocycles. The Labute approximate surface area is 262 Å². The molecule has 2 aromatic rings. The van der Waals surface area contributed by atoms with Gasteiger partial charge in [-0.1, -0.05) is 24.3 Å². The van der Waals surface area contributed by atoms with E-state index in [-0.39, 0.29) is 42.5 Å². The first-order chi connectivity index (χ1) is 21.5. The Morgan fingerprint density at radius 3 is 2.24 bits per heavy atom. The fourth-order valence-corrected chi connectivity index (χ4v) is 6.82. The number of nitrogens with zero attached hydrogens (tertiary/aromatic N) is 2. The minimum atomic E-state index is -5.04. The van der Waals surface area contributed by atoms with Crippen molar-refractivity contribution in [2.45, 2.75) is 56.9 Å². The minimum absolute atomic E-state index is 0.0615. The molecule has 9 nitrogen and oxygen atoms in total. The van der Waals surface area contributed by atoms with Crippen molar-refractivity contribution in [3.63, 3.8) is 0 Å². The Morgan fingerprint density at radius 2 is 1.65 bits per heavy atom. The maximum Gasteiger partial charge on any atom is 0.416 e. The summed E-state index contributed by atoms with van der Waals surface area (Å²) >= 11 is 0. The van der Waals surface area contributed by atoms with Gasteiger partial charge in [0, 0.05) is 43.0 Å². The second-order valence-electron chi connectivity index (χ2n) is 11.7. The summed E-state index contributed by atoms with van der Waals surface area (Å²) in [5.74, 6) is 0.203. The van der Waals surface area contributed by atoms with E-state index in [1.807, 2.05) is 4.90 Å². The molecule has 3 aliphatic heterocycles. The number of nitrogens with one attached hydrogen (secondary N) is 3. The van der Waals surface area contributed by atoms with E-state index in [0.717, 1.165) is 11.8 Å². The number of halogens is 6. The van der Waals surface area contributed by atoms with Gasteiger partial charge in [-0.2, -0.15) is 26.3 Å². The highest BCUT2D eigenvalue weighted by molar-refractivity contribution is 7.88. The number of rotatable bonds is 6. The van der Waals surface area contributed by atoms with Crippen molar-refractivity contribution in [1.82, 2.24) is 25.3 Å². The van der Waals surface area contributed by atoms with Crippen LogP contribution >= 0.6 is 0 Å². The lowest BCUT2D eigenvalue weighted by molar-refractivity contribution is -0.143. The summed E-state index contributed by atoms with van der Waals surface area (Å²) in [6.07, 6.45) is -7.71. The van der Waals surface area contributed by atoms with Crippen LogP contribution in [0, 0.1) is 12.1 Å². The van der Waals surface area contributed by atoms with Crippen molar-refractivity contribution in [2.75, 3.05) is 32.6 Å². The fourth-order valence-electron chi connectivity index (χ4n) is 5.98. The second kappa shape index (κ2) is 13.1. The van der Waals surface area contributed by atoms with Crippen molar-refractivity contribution in [1.29, 1.82) is 0 Å². The van der Waals surface area contributed by atoms with Crippen LogP contribution in [0.25, 0.3) is 5.70 Å². The normalized spacial score (nSPS) is 23.5. The van der Waals surface area contributed by atoms with E-state index >= 15 is 0 Å². The van der Waals surface area contributed by atoms with Crippen LogP contribution < -0.4 is 15.4 Å². The summed E-state index contributed by atoms with van der Waals surface area (Å²) in [7, 11) is -3.41. The number of benzene rings is 2. The Morgan fingerprint density at radius 1 is 1.02 bits per heavy atom. The molecule has 3 heterocycles. The largest absolute Gasteiger partial charge is 0.758 e. The van der Waals surface area contributed by atoms with Crippen LogP contribution in [0.2, 0.25) is 0 Å². The number of likely N-dealkylation sites (tertiary alicyclic amines) is 1. The van der Waals surface area contributed by atoms with Crippen molar-refractivity contribution in [2.24, 2.45) is 0 Å². The number of piperidine rings is 1. The first kappa shape index (κ1) is 34.0. The highest BCUT2D eigenvalue weighted by atomic mass is 32.2. The predicted molar refractivity (Wildman–Crippen MR) is 159 cm³/mol. The van der Waals surface area contributed by atoms with Crippen LogP contribution in [-0.2, 0) is 33.5 Å². The third kappa shape index (κ3) is 7.97. The average molecular weight is 675 g/mol. The molecular weight excluding hydrogens is 640 g/mol. The summed E-state index contributed by atoms with van der Waals surface area (Å²) in [4.78, 5) is 1.95. The Hall–Kier alpha value is -3.31. The minimum Gasteiger partial charge on any atom is -0.758 e. The van der Waals surface area contributed by atoms with Crippen molar-refractivity contribution in [3.05, 3.63) is 93.0 Å². The topological polar surface area (TPSA) is 109 Å². The molecule has 1 fully saturated rings. The molecule has 252 valence electrons. The Balaban J connectivity index is 1.57. The summed E-state index contributed by atoms with van der Waals surface area (Å²) in [5, 5.41) is 21.2. The van der Waals surface area contributed by atoms with Gasteiger partial charge in [0.1, 0.15) is 0 Å². The molecular formula is C30H34F6N5O4S-. The third-order valence-corrected chi connectivity index (χ3v) is 8.97. The van der Waals surface area contributed by atoms with Gasteiger partial charge in [0.15, 0.2) is 12.1 Å². The molecule has 2 unspecified atom stereocenters. The maximum absolute atomic E-state index is 14.5. The molecule has 1 saturated heterocycles. The van der Waals surface area contributed by atoms with Crippen LogP contribution in [0.1, 0.15) is 40.7 Å². The van der Waals surface area contributed by atoms with Gasteiger partial charge >= 0.3 is 12.4 Å². The summed E-state index contributed by atoms with van der Waals surface area (Å²) in [6.45, 7) is 2.96. The van der Waals surface area contributed by atoms with E-state index in [4.69, 9.17) is 4.74 Å². The van der Waals surface area contributed by atoms with E-state index in [1.165, 1.54) is 0 Å². The molecule has 16 heteroatoms. The third-order valence-electron chi connectivity index (χ3n) is 8.21. The lowest BCUT2D eigenvalue weighted by atomic mass is 9.93. The van der Waals surface area contributed by atoms with Gasteiger partial charge in [-0.25, -0.2) is 13.1 Å². The van der Waals surface area contributed by atoms with Gasteiger partial charge in [-0.3, -0.25) is 10.2 Å². The van der Waals surface area contributed by atoms with Crippen LogP contribution in [-0.4, -0.2) is 69.3 Å². The number of hydrogen-bond acceptors (Lipinski definition) is 8. The van der Waals surface area contributed by atoms with Crippen molar-refractivity contribution < 1.29 is 39.5 Å². The van der Waals surface area contributed by atoms with Crippen LogP contribution in [0.4, 0.5) is 26.3 Å². The molecule has 5 rings (SSSR count). The molecule has 3 N–H and O–H groups in total. The van der Waals surface area contributed by atoms with E-state index in [9.17, 15) is 40.0 Å². The maximum atomic E-state index is 14.5. The van der Waals surface area contributed by atoms with E-state index in [0.29, 0.717) is 54.3 Å². The van der Waals surface area contributed by atoms with Crippen LogP contribution in [0.3, 0.4) is 0 Å². The standard InChI is InChI=1S/C30H34F6N5O4S/c1-18-5-3-4-6-23(18)26-15-27(40-9-7-22(8-10-40)39-46(2,43)44)45-28-24(16-37-17-38-28)25(41(26)42)13-19-11-20(29(31,32)33)14-21(12-19)30(34,35)36/h3-6,11-12,14-15,22,25,27,37-39H,7-10,13,16-17H2,1-2H3/q-1/b26-15-. The molecule has 0 spiro atoms. The molecule has 0 saturated carbocycles. The van der Waals surface area contributed by atoms with Crippen LogP contribution in [0.5, 0.6) is 0 Å². The highest BCUT2D eigenvalue weighted by Crippen LogP contribution is 2.38. The fraction of sp³-hybridized carbons (Fsp3) is 0.467. The van der Waals surface area contributed by atoms with Crippen molar-refractivity contribution >= 4 is 15.7 Å². The zero-order chi connectivity index (χ0) is 33.4. The summed E-state index contributed by atoms with van der Waals surface area (Å²) < 4.78 is 115. The molecule has 0 aromatic heterocycles. The zero-order valence-corrected chi connectivity index (χ0v) is 25.8. The SMILES string of the molecule is Cc1ccccc1/C1=C/C(N2CCC(NS(C)(=O)=O)CC2)OC2=C(CNCN2)C(Cc2cc(C(F)(F)F)cc(C(F)(F)F)c2)N1[O-]. The average Bonchev–Trinajstić information content (AvgIpc) is 2.96. The Kier molecular flexibility index (Phi) is 9.67. The summed E-state index contributed by atoms with van der Waals surface area (Å²) in [6, 6.07) is 6.82. The van der Waals surface area contributed by atoms with E-state index in [2.05, 4.69) is 15.4 Å². The molecule has 0 bridgehead atoms. The molecule has 2 atom stereocenters. The van der Waals surface area contributed by atoms with E-state index < -0.39 is 52.2 Å². The molecule has 3 aliphatic rings. The number of sulfonamides is 1. The lowest BCUT2D eigenvalue weighted by Crippen LogP contribution is -2.51. The Bertz CT molecular complexity index is 1570. The first-order valence-corrected chi connectivity index (χ1v) is 16.5. The molecule has 46 heavy (non-hydrogen) atoms. The lowest BCUT2D eigenvalue weighted by Gasteiger charge is -2.47. The quantitative estimate of drug-likeness (QED) is 0.385. The van der Waals surface area contributed by atoms with Gasteiger partial charge in [0.05, 0.1) is 24.1 Å². The van der Waals surface area contributed by atoms with Gasteiger partial charge in [0.25, 0.3) is 0 Å². The van der Waals surface area contributed by atoms with E-state index in [1.54, 1.807) is 37.3 Å². The van der Waals surface area contributed by atoms with Gasteiger partial charge < -0.3 is 20.3 Å². The smallest absolute Gasteiger partial charge is 0.416 e. The number of ether oxygens (including phenoxy) is 1. The molecule has 0 amide bonds. The highest BCUT2D eigenvalue weighted by Gasteiger charge is 2.38. The molecule has 0 radical (unpaired) electrons. The van der Waals surface area contributed by atoms with Gasteiger partial charge in [-0.05, 0) is 67.2 Å². The van der Waals surface area contributed by atoms with Crippen LogP contribution in [0.15, 0.2) is 60.0 Å². The second-order valence-corrected chi connectivity index (χ2v) is 13.5. The predicted octanol–water partition coefficient (Wildman–Crippen LogP) is 4.52. The van der Waals surface area contributed by atoms with Gasteiger partial charge in [0.2, 0.25) is 10.0 Å².